The molecule has 0 amide bonds. The highest BCUT2D eigenvalue weighted by Gasteiger charge is 2.29. The van der Waals surface area contributed by atoms with E-state index in [0.29, 0.717) is 5.56 Å². The van der Waals surface area contributed by atoms with Crippen LogP contribution in [0.25, 0.3) is 0 Å². The molecule has 0 aliphatic carbocycles. The van der Waals surface area contributed by atoms with Crippen molar-refractivity contribution >= 4 is 24.2 Å². The van der Waals surface area contributed by atoms with E-state index in [1.807, 2.05) is 0 Å². The molecule has 0 unspecified atom stereocenters. The van der Waals surface area contributed by atoms with Crippen LogP contribution >= 0.6 is 24.2 Å². The summed E-state index contributed by atoms with van der Waals surface area (Å²) in [6, 6.07) is 3.17. The highest BCUT2D eigenvalue weighted by Crippen LogP contribution is 2.38. The maximum atomic E-state index is 12.0. The number of rotatable bonds is 2. The molecule has 0 spiro atoms. The van der Waals surface area contributed by atoms with E-state index >= 15 is 0 Å². The van der Waals surface area contributed by atoms with Crippen LogP contribution in [0.3, 0.4) is 0 Å². The fraction of sp³-hybridized carbons (Fsp3) is 0.333. The fourth-order valence-electron chi connectivity index (χ4n) is 1.09. The zero-order chi connectivity index (χ0) is 11.6. The normalized spacial score (nSPS) is 13.1. The molecule has 0 aliphatic heterocycles. The van der Waals surface area contributed by atoms with Crippen molar-refractivity contribution in [1.29, 1.82) is 0 Å². The molecule has 2 nitrogen and oxygen atoms in total. The number of thioether (sulfide) groups is 1. The van der Waals surface area contributed by atoms with Gasteiger partial charge in [-0.1, -0.05) is 0 Å². The van der Waals surface area contributed by atoms with Crippen LogP contribution < -0.4 is 5.73 Å². The number of aromatic hydroxyl groups is 1. The Morgan fingerprint density at radius 1 is 1.38 bits per heavy atom. The largest absolute Gasteiger partial charge is 0.508 e. The fourth-order valence-corrected chi connectivity index (χ4v) is 1.68. The maximum absolute atomic E-state index is 12.0. The van der Waals surface area contributed by atoms with E-state index in [9.17, 15) is 18.3 Å². The number of phenolic OH excluding ortho intramolecular Hbond substituents is 1. The molecule has 0 radical (unpaired) electrons. The quantitative estimate of drug-likeness (QED) is 0.812. The van der Waals surface area contributed by atoms with Gasteiger partial charge < -0.3 is 10.8 Å². The summed E-state index contributed by atoms with van der Waals surface area (Å²) in [5, 5.41) is 9.33. The van der Waals surface area contributed by atoms with Crippen LogP contribution in [0.15, 0.2) is 23.1 Å². The Bertz CT molecular complexity index is 357. The Morgan fingerprint density at radius 2 is 1.94 bits per heavy atom. The summed E-state index contributed by atoms with van der Waals surface area (Å²) >= 11 is -0.226. The number of phenols is 1. The Kier molecular flexibility index (Phi) is 5.44. The van der Waals surface area contributed by atoms with Gasteiger partial charge in [0.1, 0.15) is 5.75 Å². The van der Waals surface area contributed by atoms with Gasteiger partial charge in [0.25, 0.3) is 0 Å². The number of nitrogens with two attached hydrogens (primary N) is 1. The summed E-state index contributed by atoms with van der Waals surface area (Å²) in [7, 11) is 0. The van der Waals surface area contributed by atoms with E-state index in [-0.39, 0.29) is 34.8 Å². The van der Waals surface area contributed by atoms with Crippen LogP contribution in [0.4, 0.5) is 13.2 Å². The molecule has 0 heterocycles. The van der Waals surface area contributed by atoms with Gasteiger partial charge in [-0.3, -0.25) is 0 Å². The lowest BCUT2D eigenvalue weighted by molar-refractivity contribution is -0.0328. The summed E-state index contributed by atoms with van der Waals surface area (Å²) in [6.45, 7) is 1.59. The van der Waals surface area contributed by atoms with Crippen molar-refractivity contribution in [3.05, 3.63) is 23.8 Å². The standard InChI is InChI=1S/C9H10F3NOS.ClH/c1-5(13)7-4-6(2-3-8(7)14)15-9(10,11)12;/h2-5,14H,13H2,1H3;1H/t5-;/m0./s1. The molecule has 0 aromatic heterocycles. The lowest BCUT2D eigenvalue weighted by Gasteiger charge is -2.11. The molecule has 1 atom stereocenters. The van der Waals surface area contributed by atoms with Gasteiger partial charge in [-0.15, -0.1) is 12.4 Å². The number of hydrogen-bond donors (Lipinski definition) is 2. The number of halogens is 4. The summed E-state index contributed by atoms with van der Waals surface area (Å²) in [5.41, 5.74) is 1.48. The number of benzene rings is 1. The maximum Gasteiger partial charge on any atom is 0.446 e. The third kappa shape index (κ3) is 4.51. The minimum absolute atomic E-state index is 0. The first kappa shape index (κ1) is 15.4. The van der Waals surface area contributed by atoms with Gasteiger partial charge in [0.05, 0.1) is 0 Å². The number of alkyl halides is 3. The summed E-state index contributed by atoms with van der Waals surface area (Å²) in [5.74, 6) is -0.0866. The van der Waals surface area contributed by atoms with Crippen molar-refractivity contribution in [2.45, 2.75) is 23.4 Å². The minimum atomic E-state index is -4.33. The van der Waals surface area contributed by atoms with Crippen molar-refractivity contribution in [2.75, 3.05) is 0 Å². The van der Waals surface area contributed by atoms with Crippen LogP contribution in [-0.4, -0.2) is 10.6 Å². The van der Waals surface area contributed by atoms with Crippen LogP contribution in [0.1, 0.15) is 18.5 Å². The predicted octanol–water partition coefficient (Wildman–Crippen LogP) is 3.45. The molecule has 1 rings (SSSR count). The van der Waals surface area contributed by atoms with Gasteiger partial charge in [0, 0.05) is 16.5 Å². The molecular weight excluding hydrogens is 263 g/mol. The zero-order valence-corrected chi connectivity index (χ0v) is 9.92. The van der Waals surface area contributed by atoms with E-state index in [0.717, 1.165) is 0 Å². The molecular formula is C9H11ClF3NOS. The van der Waals surface area contributed by atoms with Gasteiger partial charge >= 0.3 is 5.51 Å². The molecule has 3 N–H and O–H groups in total. The molecule has 0 saturated carbocycles. The van der Waals surface area contributed by atoms with E-state index in [4.69, 9.17) is 5.73 Å². The van der Waals surface area contributed by atoms with Crippen molar-refractivity contribution < 1.29 is 18.3 Å². The molecule has 0 saturated heterocycles. The average molecular weight is 274 g/mol. The van der Waals surface area contributed by atoms with Crippen molar-refractivity contribution in [3.8, 4) is 5.75 Å². The Morgan fingerprint density at radius 3 is 2.38 bits per heavy atom. The van der Waals surface area contributed by atoms with E-state index < -0.39 is 11.6 Å². The van der Waals surface area contributed by atoms with Gasteiger partial charge in [-0.25, -0.2) is 0 Å². The zero-order valence-electron chi connectivity index (χ0n) is 8.28. The molecule has 1 aromatic carbocycles. The van der Waals surface area contributed by atoms with E-state index in [1.165, 1.54) is 18.2 Å². The second kappa shape index (κ2) is 5.65. The van der Waals surface area contributed by atoms with Gasteiger partial charge in [-0.05, 0) is 36.9 Å². The van der Waals surface area contributed by atoms with Gasteiger partial charge in [0.15, 0.2) is 0 Å². The van der Waals surface area contributed by atoms with Crippen LogP contribution in [0.5, 0.6) is 5.75 Å². The first-order valence-corrected chi connectivity index (χ1v) is 4.95. The second-order valence-electron chi connectivity index (χ2n) is 3.06. The predicted molar refractivity (Wildman–Crippen MR) is 59.9 cm³/mol. The SMILES string of the molecule is C[C@H](N)c1cc(SC(F)(F)F)ccc1O.Cl. The number of hydrogen-bond acceptors (Lipinski definition) is 3. The molecule has 92 valence electrons. The van der Waals surface area contributed by atoms with E-state index in [2.05, 4.69) is 0 Å². The minimum Gasteiger partial charge on any atom is -0.508 e. The Hall–Kier alpha value is -0.590. The lowest BCUT2D eigenvalue weighted by atomic mass is 10.1. The smallest absolute Gasteiger partial charge is 0.446 e. The van der Waals surface area contributed by atoms with Gasteiger partial charge in [0.2, 0.25) is 0 Å². The highest BCUT2D eigenvalue weighted by atomic mass is 35.5. The second-order valence-corrected chi connectivity index (χ2v) is 4.20. The molecule has 0 aliphatic rings. The molecule has 0 fully saturated rings. The monoisotopic (exact) mass is 273 g/mol. The van der Waals surface area contributed by atoms with Gasteiger partial charge in [-0.2, -0.15) is 13.2 Å². The Balaban J connectivity index is 0.00000225. The summed E-state index contributed by atoms with van der Waals surface area (Å²) < 4.78 is 36.1. The van der Waals surface area contributed by atoms with Crippen LogP contribution in [0.2, 0.25) is 0 Å². The highest BCUT2D eigenvalue weighted by molar-refractivity contribution is 8.00. The third-order valence-electron chi connectivity index (χ3n) is 1.72. The van der Waals surface area contributed by atoms with E-state index in [1.54, 1.807) is 6.92 Å². The summed E-state index contributed by atoms with van der Waals surface area (Å²) in [6.07, 6.45) is 0. The lowest BCUT2D eigenvalue weighted by Crippen LogP contribution is -2.06. The van der Waals surface area contributed by atoms with Crippen LogP contribution in [0, 0.1) is 0 Å². The summed E-state index contributed by atoms with van der Waals surface area (Å²) in [4.78, 5) is 0.0209. The third-order valence-corrected chi connectivity index (χ3v) is 2.44. The molecule has 7 heteroatoms. The topological polar surface area (TPSA) is 46.2 Å². The average Bonchev–Trinajstić information content (AvgIpc) is 2.05. The van der Waals surface area contributed by atoms with Crippen molar-refractivity contribution in [3.63, 3.8) is 0 Å². The first-order valence-electron chi connectivity index (χ1n) is 4.14. The molecule has 16 heavy (non-hydrogen) atoms. The van der Waals surface area contributed by atoms with Crippen molar-refractivity contribution in [1.82, 2.24) is 0 Å². The van der Waals surface area contributed by atoms with Crippen LogP contribution in [-0.2, 0) is 0 Å². The Labute approximate surface area is 101 Å². The first-order chi connectivity index (χ1) is 6.79. The molecule has 1 aromatic rings. The van der Waals surface area contributed by atoms with Crippen molar-refractivity contribution in [2.24, 2.45) is 5.73 Å². The molecule has 0 bridgehead atoms.